The number of aliphatic imine (C=N–C) groups is 1. The molecule has 0 aliphatic heterocycles. The lowest BCUT2D eigenvalue weighted by Gasteiger charge is -2.21. The fourth-order valence-electron chi connectivity index (χ4n) is 1.91. The maximum absolute atomic E-state index is 5.55. The molecule has 0 fully saturated rings. The third-order valence-corrected chi connectivity index (χ3v) is 3.85. The summed E-state index contributed by atoms with van der Waals surface area (Å²) in [6.07, 6.45) is 3.32. The molecule has 0 saturated carbocycles. The van der Waals surface area contributed by atoms with Crippen molar-refractivity contribution < 1.29 is 4.74 Å². The Morgan fingerprint density at radius 2 is 2.19 bits per heavy atom. The number of hydrogen-bond donors (Lipinski definition) is 1. The minimum Gasteiger partial charge on any atom is -0.381 e. The molecular weight excluding hydrogens is 284 g/mol. The predicted octanol–water partition coefficient (Wildman–Crippen LogP) is 2.67. The highest BCUT2D eigenvalue weighted by Gasteiger charge is 2.08. The molecule has 6 heteroatoms. The number of hydrogen-bond acceptors (Lipinski definition) is 4. The SMILES string of the molecule is CCCCOCCCNC(=NC)N(C)Cc1csc(C)n1. The van der Waals surface area contributed by atoms with Gasteiger partial charge in [-0.1, -0.05) is 13.3 Å². The molecule has 0 saturated heterocycles. The Morgan fingerprint density at radius 3 is 2.81 bits per heavy atom. The molecule has 0 unspecified atom stereocenters. The molecule has 0 aliphatic carbocycles. The largest absolute Gasteiger partial charge is 0.381 e. The van der Waals surface area contributed by atoms with Gasteiger partial charge in [0.25, 0.3) is 0 Å². The average Bonchev–Trinajstić information content (AvgIpc) is 2.87. The number of nitrogens with one attached hydrogen (secondary N) is 1. The molecule has 0 amide bonds. The van der Waals surface area contributed by atoms with Gasteiger partial charge in [0.1, 0.15) is 0 Å². The van der Waals surface area contributed by atoms with E-state index in [0.29, 0.717) is 0 Å². The molecule has 1 N–H and O–H groups in total. The van der Waals surface area contributed by atoms with Crippen LogP contribution in [0.2, 0.25) is 0 Å². The number of unbranched alkanes of at least 4 members (excludes halogenated alkanes) is 1. The van der Waals surface area contributed by atoms with E-state index >= 15 is 0 Å². The van der Waals surface area contributed by atoms with Crippen molar-refractivity contribution in [1.29, 1.82) is 0 Å². The highest BCUT2D eigenvalue weighted by atomic mass is 32.1. The van der Waals surface area contributed by atoms with Gasteiger partial charge in [0.15, 0.2) is 5.96 Å². The minimum absolute atomic E-state index is 0.775. The second-order valence-corrected chi connectivity index (χ2v) is 6.07. The van der Waals surface area contributed by atoms with Crippen LogP contribution in [0.3, 0.4) is 0 Å². The molecule has 1 rings (SSSR count). The molecule has 0 atom stereocenters. The summed E-state index contributed by atoms with van der Waals surface area (Å²) in [5.41, 5.74) is 1.09. The van der Waals surface area contributed by atoms with E-state index in [2.05, 4.69) is 32.5 Å². The summed E-state index contributed by atoms with van der Waals surface area (Å²) in [6.45, 7) is 7.53. The molecule has 1 heterocycles. The van der Waals surface area contributed by atoms with Crippen molar-refractivity contribution in [2.24, 2.45) is 4.99 Å². The van der Waals surface area contributed by atoms with Crippen LogP contribution in [-0.2, 0) is 11.3 Å². The summed E-state index contributed by atoms with van der Waals surface area (Å²) in [5, 5.41) is 6.56. The van der Waals surface area contributed by atoms with Crippen molar-refractivity contribution in [3.63, 3.8) is 0 Å². The van der Waals surface area contributed by atoms with Crippen LogP contribution in [0, 0.1) is 6.92 Å². The molecule has 0 aromatic carbocycles. The molecule has 5 nitrogen and oxygen atoms in total. The van der Waals surface area contributed by atoms with Gasteiger partial charge in [0, 0.05) is 39.2 Å². The number of aryl methyl sites for hydroxylation is 1. The minimum atomic E-state index is 0.775. The Morgan fingerprint density at radius 1 is 1.43 bits per heavy atom. The summed E-state index contributed by atoms with van der Waals surface area (Å²) in [4.78, 5) is 10.9. The van der Waals surface area contributed by atoms with E-state index in [4.69, 9.17) is 4.74 Å². The second-order valence-electron chi connectivity index (χ2n) is 5.01. The first-order valence-corrected chi connectivity index (χ1v) is 8.45. The number of ether oxygens (including phenoxy) is 1. The number of aromatic nitrogens is 1. The van der Waals surface area contributed by atoms with E-state index in [0.717, 1.165) is 55.8 Å². The normalized spacial score (nSPS) is 11.7. The van der Waals surface area contributed by atoms with Crippen molar-refractivity contribution in [2.45, 2.75) is 39.7 Å². The zero-order valence-corrected chi connectivity index (χ0v) is 14.5. The van der Waals surface area contributed by atoms with E-state index < -0.39 is 0 Å². The maximum atomic E-state index is 5.55. The summed E-state index contributed by atoms with van der Waals surface area (Å²) in [7, 11) is 3.84. The quantitative estimate of drug-likeness (QED) is 0.433. The van der Waals surface area contributed by atoms with Crippen molar-refractivity contribution in [2.75, 3.05) is 33.9 Å². The molecule has 0 radical (unpaired) electrons. The lowest BCUT2D eigenvalue weighted by Crippen LogP contribution is -2.39. The number of rotatable bonds is 9. The van der Waals surface area contributed by atoms with Gasteiger partial charge in [-0.2, -0.15) is 0 Å². The lowest BCUT2D eigenvalue weighted by atomic mass is 10.3. The Hall–Kier alpha value is -1.14. The van der Waals surface area contributed by atoms with E-state index in [1.807, 2.05) is 21.0 Å². The zero-order chi connectivity index (χ0) is 15.5. The Bertz CT molecular complexity index is 420. The summed E-state index contributed by atoms with van der Waals surface area (Å²) >= 11 is 1.68. The van der Waals surface area contributed by atoms with E-state index in [1.165, 1.54) is 6.42 Å². The molecule has 0 spiro atoms. The van der Waals surface area contributed by atoms with Gasteiger partial charge >= 0.3 is 0 Å². The van der Waals surface area contributed by atoms with Crippen LogP contribution < -0.4 is 5.32 Å². The first kappa shape index (κ1) is 17.9. The first-order chi connectivity index (χ1) is 10.2. The van der Waals surface area contributed by atoms with Crippen LogP contribution in [0.1, 0.15) is 36.9 Å². The molecule has 120 valence electrons. The molecular formula is C15H28N4OS. The number of nitrogens with zero attached hydrogens (tertiary/aromatic N) is 3. The van der Waals surface area contributed by atoms with Crippen LogP contribution in [0.25, 0.3) is 0 Å². The fraction of sp³-hybridized carbons (Fsp3) is 0.733. The average molecular weight is 312 g/mol. The third-order valence-electron chi connectivity index (χ3n) is 3.03. The monoisotopic (exact) mass is 312 g/mol. The lowest BCUT2D eigenvalue weighted by molar-refractivity contribution is 0.129. The summed E-state index contributed by atoms with van der Waals surface area (Å²) < 4.78 is 5.55. The first-order valence-electron chi connectivity index (χ1n) is 7.58. The highest BCUT2D eigenvalue weighted by molar-refractivity contribution is 7.09. The van der Waals surface area contributed by atoms with Crippen molar-refractivity contribution in [3.8, 4) is 0 Å². The van der Waals surface area contributed by atoms with Gasteiger partial charge in [-0.25, -0.2) is 4.98 Å². The summed E-state index contributed by atoms with van der Waals surface area (Å²) in [6, 6.07) is 0. The summed E-state index contributed by atoms with van der Waals surface area (Å²) in [5.74, 6) is 0.897. The van der Waals surface area contributed by atoms with Gasteiger partial charge in [-0.3, -0.25) is 4.99 Å². The molecule has 0 aliphatic rings. The van der Waals surface area contributed by atoms with Gasteiger partial charge in [-0.15, -0.1) is 11.3 Å². The van der Waals surface area contributed by atoms with E-state index in [-0.39, 0.29) is 0 Å². The Labute approximate surface area is 132 Å². The maximum Gasteiger partial charge on any atom is 0.193 e. The Balaban J connectivity index is 2.21. The van der Waals surface area contributed by atoms with Gasteiger partial charge in [0.2, 0.25) is 0 Å². The smallest absolute Gasteiger partial charge is 0.193 e. The molecule has 1 aromatic heterocycles. The molecule has 0 bridgehead atoms. The standard InChI is InChI=1S/C15H28N4OS/c1-5-6-9-20-10-7-8-17-15(16-3)19(4)11-14-12-21-13(2)18-14/h12H,5-11H2,1-4H3,(H,16,17). The zero-order valence-electron chi connectivity index (χ0n) is 13.7. The number of thiazole rings is 1. The van der Waals surface area contributed by atoms with Crippen LogP contribution >= 0.6 is 11.3 Å². The van der Waals surface area contributed by atoms with E-state index in [9.17, 15) is 0 Å². The van der Waals surface area contributed by atoms with Crippen molar-refractivity contribution in [3.05, 3.63) is 16.1 Å². The molecule has 1 aromatic rings. The van der Waals surface area contributed by atoms with E-state index in [1.54, 1.807) is 11.3 Å². The fourth-order valence-corrected chi connectivity index (χ4v) is 2.51. The third kappa shape index (κ3) is 7.43. The van der Waals surface area contributed by atoms with Crippen LogP contribution in [0.4, 0.5) is 0 Å². The number of guanidine groups is 1. The predicted molar refractivity (Wildman–Crippen MR) is 90.0 cm³/mol. The van der Waals surface area contributed by atoms with Gasteiger partial charge in [-0.05, 0) is 19.8 Å². The van der Waals surface area contributed by atoms with Gasteiger partial charge < -0.3 is 15.0 Å². The topological polar surface area (TPSA) is 49.8 Å². The molecule has 21 heavy (non-hydrogen) atoms. The van der Waals surface area contributed by atoms with Crippen LogP contribution in [0.5, 0.6) is 0 Å². The van der Waals surface area contributed by atoms with Crippen LogP contribution in [-0.4, -0.2) is 49.7 Å². The second kappa shape index (κ2) is 10.6. The van der Waals surface area contributed by atoms with Crippen molar-refractivity contribution in [1.82, 2.24) is 15.2 Å². The van der Waals surface area contributed by atoms with Crippen molar-refractivity contribution >= 4 is 17.3 Å². The highest BCUT2D eigenvalue weighted by Crippen LogP contribution is 2.09. The Kier molecular flexibility index (Phi) is 9.01. The van der Waals surface area contributed by atoms with Crippen LogP contribution in [0.15, 0.2) is 10.4 Å². The van der Waals surface area contributed by atoms with Gasteiger partial charge in [0.05, 0.1) is 17.2 Å².